The van der Waals surface area contributed by atoms with Crippen molar-refractivity contribution < 1.29 is 0 Å². The highest BCUT2D eigenvalue weighted by Gasteiger charge is 2.23. The molecule has 23 heavy (non-hydrogen) atoms. The van der Waals surface area contributed by atoms with Crippen molar-refractivity contribution in [3.8, 4) is 0 Å². The Morgan fingerprint density at radius 3 is 1.26 bits per heavy atom. The number of nitrogens with zero attached hydrogens (tertiary/aromatic N) is 2. The molecule has 1 heterocycles. The fourth-order valence-corrected chi connectivity index (χ4v) is 4.50. The van der Waals surface area contributed by atoms with Gasteiger partial charge in [-0.1, -0.05) is 31.9 Å². The van der Waals surface area contributed by atoms with Crippen molar-refractivity contribution >= 4 is 43.2 Å². The summed E-state index contributed by atoms with van der Waals surface area (Å²) < 4.78 is 2.21. The lowest BCUT2D eigenvalue weighted by atomic mass is 10.1. The molecule has 0 spiro atoms. The topological polar surface area (TPSA) is 6.48 Å². The van der Waals surface area contributed by atoms with Gasteiger partial charge in [0.05, 0.1) is 0 Å². The third-order valence-corrected chi connectivity index (χ3v) is 4.89. The second-order valence-electron chi connectivity index (χ2n) is 5.91. The number of aryl methyl sites for hydroxylation is 4. The number of benzene rings is 2. The van der Waals surface area contributed by atoms with Crippen LogP contribution >= 0.6 is 31.9 Å². The maximum Gasteiger partial charge on any atom is 0.217 e. The molecule has 3 rings (SSSR count). The summed E-state index contributed by atoms with van der Waals surface area (Å²) in [7, 11) is 0. The zero-order valence-electron chi connectivity index (χ0n) is 13.6. The number of halogens is 2. The van der Waals surface area contributed by atoms with Crippen LogP contribution in [0.4, 0.5) is 11.4 Å². The second kappa shape index (κ2) is 6.33. The molecule has 0 N–H and O–H groups in total. The second-order valence-corrected chi connectivity index (χ2v) is 7.75. The summed E-state index contributed by atoms with van der Waals surface area (Å²) in [5.41, 5.74) is 7.25. The fourth-order valence-electron chi connectivity index (χ4n) is 3.13. The van der Waals surface area contributed by atoms with E-state index in [9.17, 15) is 0 Å². The first kappa shape index (κ1) is 16.6. The average Bonchev–Trinajstić information content (AvgIpc) is 2.85. The van der Waals surface area contributed by atoms with E-state index in [-0.39, 0.29) is 0 Å². The monoisotopic (exact) mass is 432 g/mol. The van der Waals surface area contributed by atoms with E-state index in [0.717, 1.165) is 8.95 Å². The maximum absolute atomic E-state index is 3.56. The van der Waals surface area contributed by atoms with E-state index in [0.29, 0.717) is 0 Å². The van der Waals surface area contributed by atoms with Crippen LogP contribution in [-0.2, 0) is 0 Å². The Morgan fingerprint density at radius 1 is 0.652 bits per heavy atom. The standard InChI is InChI=1S/C19H18Br2N2/c1-12-7-16(20)8-13(2)18(12)22-5-6-23(11-22)19-14(3)9-17(21)10-15(19)4/h5-10H,1-4H3. The zero-order chi connectivity index (χ0) is 16.7. The number of hydrogen-bond acceptors (Lipinski definition) is 2. The van der Waals surface area contributed by atoms with Crippen molar-refractivity contribution in [2.45, 2.75) is 27.7 Å². The van der Waals surface area contributed by atoms with Crippen LogP contribution in [0, 0.1) is 34.4 Å². The zero-order valence-corrected chi connectivity index (χ0v) is 16.8. The summed E-state index contributed by atoms with van der Waals surface area (Å²) in [6.07, 6.45) is 4.12. The lowest BCUT2D eigenvalue weighted by Crippen LogP contribution is -2.20. The van der Waals surface area contributed by atoms with Gasteiger partial charge in [-0.05, 0) is 74.2 Å². The lowest BCUT2D eigenvalue weighted by Gasteiger charge is -2.24. The van der Waals surface area contributed by atoms with E-state index < -0.39 is 0 Å². The van der Waals surface area contributed by atoms with Gasteiger partial charge in [-0.25, -0.2) is 0 Å². The predicted molar refractivity (Wildman–Crippen MR) is 105 cm³/mol. The van der Waals surface area contributed by atoms with E-state index in [1.807, 2.05) is 0 Å². The van der Waals surface area contributed by atoms with Crippen molar-refractivity contribution in [3.05, 3.63) is 74.5 Å². The predicted octanol–water partition coefficient (Wildman–Crippen LogP) is 6.24. The molecule has 0 bridgehead atoms. The first-order chi connectivity index (χ1) is 10.9. The molecule has 0 fully saturated rings. The number of rotatable bonds is 2. The highest BCUT2D eigenvalue weighted by Crippen LogP contribution is 2.36. The minimum absolute atomic E-state index is 1.11. The van der Waals surface area contributed by atoms with Crippen molar-refractivity contribution in [2.24, 2.45) is 0 Å². The summed E-state index contributed by atoms with van der Waals surface area (Å²) in [5.74, 6) is 0. The molecule has 4 heteroatoms. The Bertz CT molecular complexity index is 684. The Hall–Kier alpha value is -1.26. The Morgan fingerprint density at radius 2 is 0.957 bits per heavy atom. The Balaban J connectivity index is 1.93. The summed E-state index contributed by atoms with van der Waals surface area (Å²) in [6, 6.07) is 8.54. The largest absolute Gasteiger partial charge is 0.315 e. The van der Waals surface area contributed by atoms with Crippen LogP contribution in [-0.4, -0.2) is 0 Å². The first-order valence-electron chi connectivity index (χ1n) is 7.43. The van der Waals surface area contributed by atoms with Crippen molar-refractivity contribution in [1.82, 2.24) is 0 Å². The molecule has 2 radical (unpaired) electrons. The molecule has 1 aliphatic heterocycles. The normalized spacial score (nSPS) is 14.0. The molecule has 2 aromatic rings. The first-order valence-corrected chi connectivity index (χ1v) is 9.02. The summed E-state index contributed by atoms with van der Waals surface area (Å²) in [6.45, 7) is 12.0. The third-order valence-electron chi connectivity index (χ3n) is 3.97. The van der Waals surface area contributed by atoms with Crippen LogP contribution in [0.1, 0.15) is 22.3 Å². The summed E-state index contributed by atoms with van der Waals surface area (Å²) in [4.78, 5) is 4.13. The van der Waals surface area contributed by atoms with Gasteiger partial charge in [0.1, 0.15) is 0 Å². The molecule has 0 aliphatic carbocycles. The van der Waals surface area contributed by atoms with E-state index in [1.54, 1.807) is 0 Å². The molecule has 1 aliphatic rings. The van der Waals surface area contributed by atoms with Crippen molar-refractivity contribution in [2.75, 3.05) is 9.80 Å². The molecule has 2 aromatic carbocycles. The molecular weight excluding hydrogens is 416 g/mol. The van der Waals surface area contributed by atoms with Gasteiger partial charge in [-0.2, -0.15) is 0 Å². The van der Waals surface area contributed by atoms with Crippen molar-refractivity contribution in [1.29, 1.82) is 0 Å². The number of hydrogen-bond donors (Lipinski definition) is 0. The fraction of sp³-hybridized carbons (Fsp3) is 0.211. The highest BCUT2D eigenvalue weighted by atomic mass is 79.9. The summed E-state index contributed by atoms with van der Waals surface area (Å²) in [5, 5.41) is 0. The van der Waals surface area contributed by atoms with E-state index >= 15 is 0 Å². The van der Waals surface area contributed by atoms with Crippen LogP contribution in [0.15, 0.2) is 45.6 Å². The van der Waals surface area contributed by atoms with Gasteiger partial charge in [-0.15, -0.1) is 0 Å². The van der Waals surface area contributed by atoms with Gasteiger partial charge < -0.3 is 9.80 Å². The smallest absolute Gasteiger partial charge is 0.217 e. The van der Waals surface area contributed by atoms with Crippen LogP contribution in [0.5, 0.6) is 0 Å². The minimum Gasteiger partial charge on any atom is -0.315 e. The van der Waals surface area contributed by atoms with E-state index in [2.05, 4.69) is 113 Å². The lowest BCUT2D eigenvalue weighted by molar-refractivity contribution is 1.07. The Kier molecular flexibility index (Phi) is 4.56. The van der Waals surface area contributed by atoms with Crippen LogP contribution in [0.25, 0.3) is 0 Å². The van der Waals surface area contributed by atoms with Gasteiger partial charge in [0.25, 0.3) is 0 Å². The average molecular weight is 434 g/mol. The third kappa shape index (κ3) is 3.20. The molecule has 2 nitrogen and oxygen atoms in total. The van der Waals surface area contributed by atoms with Crippen LogP contribution in [0.2, 0.25) is 0 Å². The van der Waals surface area contributed by atoms with Crippen molar-refractivity contribution in [3.63, 3.8) is 0 Å². The maximum atomic E-state index is 3.56. The van der Waals surface area contributed by atoms with Gasteiger partial charge in [0, 0.05) is 32.7 Å². The van der Waals surface area contributed by atoms with Gasteiger partial charge in [0.15, 0.2) is 0 Å². The minimum atomic E-state index is 1.11. The molecule has 0 unspecified atom stereocenters. The molecule has 0 amide bonds. The highest BCUT2D eigenvalue weighted by molar-refractivity contribution is 9.10. The molecule has 0 atom stereocenters. The molecule has 0 aromatic heterocycles. The Labute approximate surface area is 155 Å². The van der Waals surface area contributed by atoms with Gasteiger partial charge in [0.2, 0.25) is 6.67 Å². The van der Waals surface area contributed by atoms with E-state index in [1.165, 1.54) is 33.6 Å². The van der Waals surface area contributed by atoms with E-state index in [4.69, 9.17) is 0 Å². The van der Waals surface area contributed by atoms with Gasteiger partial charge in [-0.3, -0.25) is 0 Å². The molecular formula is C19H18Br2N2. The molecule has 0 saturated carbocycles. The number of anilines is 2. The SMILES string of the molecule is Cc1cc(Br)cc(C)c1N1[C]N(c2c(C)cc(Br)cc2C)C=C1. The van der Waals surface area contributed by atoms with Crippen LogP contribution in [0.3, 0.4) is 0 Å². The van der Waals surface area contributed by atoms with Gasteiger partial charge >= 0.3 is 0 Å². The quantitative estimate of drug-likeness (QED) is 0.552. The molecule has 0 saturated heterocycles. The molecule has 118 valence electrons. The summed E-state index contributed by atoms with van der Waals surface area (Å²) >= 11 is 7.12. The van der Waals surface area contributed by atoms with Crippen LogP contribution < -0.4 is 9.80 Å².